The van der Waals surface area contributed by atoms with Gasteiger partial charge in [0.05, 0.1) is 12.5 Å². The SMILES string of the molecule is Cc1ccc(/C=C/C(=O)N(C)CCC#N)o1. The van der Waals surface area contributed by atoms with Gasteiger partial charge in [-0.15, -0.1) is 0 Å². The quantitative estimate of drug-likeness (QED) is 0.726. The van der Waals surface area contributed by atoms with Crippen LogP contribution in [0.3, 0.4) is 0 Å². The summed E-state index contributed by atoms with van der Waals surface area (Å²) in [7, 11) is 1.66. The lowest BCUT2D eigenvalue weighted by molar-refractivity contribution is -0.124. The van der Waals surface area contributed by atoms with E-state index >= 15 is 0 Å². The molecule has 1 aromatic rings. The van der Waals surface area contributed by atoms with Crippen LogP contribution in [0.15, 0.2) is 22.6 Å². The van der Waals surface area contributed by atoms with Gasteiger partial charge in [-0.05, 0) is 25.1 Å². The third-order valence-electron chi connectivity index (χ3n) is 2.09. The van der Waals surface area contributed by atoms with Gasteiger partial charge in [-0.1, -0.05) is 0 Å². The van der Waals surface area contributed by atoms with Crippen LogP contribution in [0.25, 0.3) is 6.08 Å². The standard InChI is InChI=1S/C12H14N2O2/c1-10-4-5-11(16-10)6-7-12(15)14(2)9-3-8-13/h4-7H,3,9H2,1-2H3/b7-6+. The molecule has 0 unspecified atom stereocenters. The van der Waals surface area contributed by atoms with Crippen LogP contribution in [0.4, 0.5) is 0 Å². The molecule has 0 N–H and O–H groups in total. The number of carbonyl (C=O) groups is 1. The van der Waals surface area contributed by atoms with E-state index in [1.807, 2.05) is 19.1 Å². The van der Waals surface area contributed by atoms with Crippen molar-refractivity contribution in [2.45, 2.75) is 13.3 Å². The van der Waals surface area contributed by atoms with E-state index < -0.39 is 0 Å². The number of hydrogen-bond donors (Lipinski definition) is 0. The van der Waals surface area contributed by atoms with Gasteiger partial charge in [0.2, 0.25) is 5.91 Å². The topological polar surface area (TPSA) is 57.2 Å². The van der Waals surface area contributed by atoms with Crippen LogP contribution in [0.2, 0.25) is 0 Å². The second kappa shape index (κ2) is 5.76. The van der Waals surface area contributed by atoms with E-state index in [1.165, 1.54) is 11.0 Å². The Kier molecular flexibility index (Phi) is 4.34. The Morgan fingerprint density at radius 1 is 1.62 bits per heavy atom. The van der Waals surface area contributed by atoms with Crippen LogP contribution in [0.1, 0.15) is 17.9 Å². The van der Waals surface area contributed by atoms with Gasteiger partial charge in [0.25, 0.3) is 0 Å². The Labute approximate surface area is 94.8 Å². The normalized spacial score (nSPS) is 10.3. The van der Waals surface area contributed by atoms with Gasteiger partial charge in [-0.25, -0.2) is 0 Å². The lowest BCUT2D eigenvalue weighted by Crippen LogP contribution is -2.25. The lowest BCUT2D eigenvalue weighted by Gasteiger charge is -2.11. The van der Waals surface area contributed by atoms with E-state index in [0.717, 1.165) is 5.76 Å². The third-order valence-corrected chi connectivity index (χ3v) is 2.09. The zero-order valence-electron chi connectivity index (χ0n) is 9.43. The number of nitrogens with zero attached hydrogens (tertiary/aromatic N) is 2. The Morgan fingerprint density at radius 2 is 2.38 bits per heavy atom. The van der Waals surface area contributed by atoms with E-state index in [9.17, 15) is 4.79 Å². The highest BCUT2D eigenvalue weighted by molar-refractivity contribution is 5.91. The van der Waals surface area contributed by atoms with Gasteiger partial charge in [0.15, 0.2) is 0 Å². The summed E-state index contributed by atoms with van der Waals surface area (Å²) < 4.78 is 5.28. The molecule has 0 atom stereocenters. The molecule has 0 radical (unpaired) electrons. The molecule has 0 aromatic carbocycles. The Bertz CT molecular complexity index is 426. The monoisotopic (exact) mass is 218 g/mol. The first kappa shape index (κ1) is 12.1. The van der Waals surface area contributed by atoms with Crippen molar-refractivity contribution in [1.29, 1.82) is 5.26 Å². The summed E-state index contributed by atoms with van der Waals surface area (Å²) >= 11 is 0. The van der Waals surface area contributed by atoms with E-state index in [-0.39, 0.29) is 5.91 Å². The van der Waals surface area contributed by atoms with E-state index in [4.69, 9.17) is 9.68 Å². The molecule has 0 spiro atoms. The Balaban J connectivity index is 2.51. The summed E-state index contributed by atoms with van der Waals surface area (Å²) in [6.07, 6.45) is 3.41. The van der Waals surface area contributed by atoms with E-state index in [0.29, 0.717) is 18.7 Å². The molecule has 0 bridgehead atoms. The number of likely N-dealkylation sites (N-methyl/N-ethyl adjacent to an activating group) is 1. The van der Waals surface area contributed by atoms with Crippen LogP contribution < -0.4 is 0 Å². The van der Waals surface area contributed by atoms with Gasteiger partial charge in [-0.3, -0.25) is 4.79 Å². The maximum atomic E-state index is 11.5. The highest BCUT2D eigenvalue weighted by atomic mass is 16.3. The molecule has 16 heavy (non-hydrogen) atoms. The van der Waals surface area contributed by atoms with Gasteiger partial charge in [-0.2, -0.15) is 5.26 Å². The van der Waals surface area contributed by atoms with Crippen molar-refractivity contribution < 1.29 is 9.21 Å². The predicted molar refractivity (Wildman–Crippen MR) is 60.3 cm³/mol. The van der Waals surface area contributed by atoms with Gasteiger partial charge in [0, 0.05) is 19.7 Å². The molecular weight excluding hydrogens is 204 g/mol. The van der Waals surface area contributed by atoms with E-state index in [2.05, 4.69) is 0 Å². The third kappa shape index (κ3) is 3.62. The smallest absolute Gasteiger partial charge is 0.246 e. The highest BCUT2D eigenvalue weighted by Gasteiger charge is 2.03. The van der Waals surface area contributed by atoms with Crippen LogP contribution in [-0.4, -0.2) is 24.4 Å². The largest absolute Gasteiger partial charge is 0.462 e. The number of carbonyl (C=O) groups excluding carboxylic acids is 1. The molecule has 1 amide bonds. The molecule has 0 fully saturated rings. The fourth-order valence-electron chi connectivity index (χ4n) is 1.15. The van der Waals surface area contributed by atoms with Gasteiger partial charge in [0.1, 0.15) is 11.5 Å². The second-order valence-electron chi connectivity index (χ2n) is 3.45. The number of hydrogen-bond acceptors (Lipinski definition) is 3. The predicted octanol–water partition coefficient (Wildman–Crippen LogP) is 1.97. The number of furan rings is 1. The zero-order valence-corrected chi connectivity index (χ0v) is 9.43. The first-order chi connectivity index (χ1) is 7.63. The molecule has 0 aliphatic heterocycles. The summed E-state index contributed by atoms with van der Waals surface area (Å²) in [5.41, 5.74) is 0. The van der Waals surface area contributed by atoms with Crippen molar-refractivity contribution in [3.8, 4) is 6.07 Å². The van der Waals surface area contributed by atoms with Crippen molar-refractivity contribution in [3.05, 3.63) is 29.7 Å². The minimum atomic E-state index is -0.135. The molecule has 0 aliphatic rings. The molecule has 1 heterocycles. The van der Waals surface area contributed by atoms with Crippen LogP contribution >= 0.6 is 0 Å². The zero-order chi connectivity index (χ0) is 12.0. The first-order valence-electron chi connectivity index (χ1n) is 5.00. The number of nitriles is 1. The van der Waals surface area contributed by atoms with Crippen molar-refractivity contribution in [3.63, 3.8) is 0 Å². The number of aryl methyl sites for hydroxylation is 1. The van der Waals surface area contributed by atoms with Crippen LogP contribution in [0.5, 0.6) is 0 Å². The molecule has 0 aliphatic carbocycles. The molecule has 1 aromatic heterocycles. The number of rotatable bonds is 4. The second-order valence-corrected chi connectivity index (χ2v) is 3.45. The lowest BCUT2D eigenvalue weighted by atomic mass is 10.3. The summed E-state index contributed by atoms with van der Waals surface area (Å²) in [4.78, 5) is 13.0. The molecule has 4 heteroatoms. The first-order valence-corrected chi connectivity index (χ1v) is 5.00. The van der Waals surface area contributed by atoms with Crippen molar-refractivity contribution >= 4 is 12.0 Å². The summed E-state index contributed by atoms with van der Waals surface area (Å²) in [6.45, 7) is 2.29. The summed E-state index contributed by atoms with van der Waals surface area (Å²) in [6, 6.07) is 5.63. The average Bonchev–Trinajstić information content (AvgIpc) is 2.68. The fraction of sp³-hybridized carbons (Fsp3) is 0.333. The summed E-state index contributed by atoms with van der Waals surface area (Å²) in [5, 5.41) is 8.39. The molecular formula is C12H14N2O2. The molecule has 0 saturated heterocycles. The minimum absolute atomic E-state index is 0.135. The fourth-order valence-corrected chi connectivity index (χ4v) is 1.15. The van der Waals surface area contributed by atoms with Crippen molar-refractivity contribution in [2.75, 3.05) is 13.6 Å². The molecule has 0 saturated carbocycles. The van der Waals surface area contributed by atoms with Crippen molar-refractivity contribution in [2.24, 2.45) is 0 Å². The number of amides is 1. The Hall–Kier alpha value is -2.02. The van der Waals surface area contributed by atoms with Crippen molar-refractivity contribution in [1.82, 2.24) is 4.90 Å². The maximum Gasteiger partial charge on any atom is 0.246 e. The average molecular weight is 218 g/mol. The highest BCUT2D eigenvalue weighted by Crippen LogP contribution is 2.08. The van der Waals surface area contributed by atoms with Gasteiger partial charge < -0.3 is 9.32 Å². The van der Waals surface area contributed by atoms with E-state index in [1.54, 1.807) is 19.2 Å². The Morgan fingerprint density at radius 3 is 2.94 bits per heavy atom. The van der Waals surface area contributed by atoms with Gasteiger partial charge >= 0.3 is 0 Å². The maximum absolute atomic E-state index is 11.5. The summed E-state index contributed by atoms with van der Waals surface area (Å²) in [5.74, 6) is 1.33. The van der Waals surface area contributed by atoms with Crippen LogP contribution in [0, 0.1) is 18.3 Å². The minimum Gasteiger partial charge on any atom is -0.462 e. The van der Waals surface area contributed by atoms with Crippen LogP contribution in [-0.2, 0) is 4.79 Å². The molecule has 84 valence electrons. The molecule has 1 rings (SSSR count). The molecule has 4 nitrogen and oxygen atoms in total.